The van der Waals surface area contributed by atoms with Crippen LogP contribution < -0.4 is 20.1 Å². The van der Waals surface area contributed by atoms with Crippen LogP contribution in [0.2, 0.25) is 0 Å². The number of hydrogen-bond acceptors (Lipinski definition) is 5. The Hall–Kier alpha value is -2.01. The molecule has 0 atom stereocenters. The second-order valence-corrected chi connectivity index (χ2v) is 8.05. The molecule has 0 radical (unpaired) electrons. The molecule has 0 aliphatic heterocycles. The topological polar surface area (TPSA) is 89.0 Å². The van der Waals surface area contributed by atoms with E-state index >= 15 is 0 Å². The Morgan fingerprint density at radius 2 is 1.69 bits per heavy atom. The first-order valence-electron chi connectivity index (χ1n) is 9.01. The number of sulfone groups is 1. The zero-order chi connectivity index (χ0) is 20.4. The van der Waals surface area contributed by atoms with Crippen LogP contribution in [-0.4, -0.2) is 47.4 Å². The van der Waals surface area contributed by atoms with Gasteiger partial charge in [0, 0.05) is 13.1 Å². The van der Waals surface area contributed by atoms with Crippen molar-refractivity contribution in [2.45, 2.75) is 18.4 Å². The Morgan fingerprint density at radius 3 is 2.31 bits per heavy atom. The van der Waals surface area contributed by atoms with Crippen LogP contribution >= 0.6 is 24.0 Å². The summed E-state index contributed by atoms with van der Waals surface area (Å²) in [6.07, 6.45) is 0. The van der Waals surface area contributed by atoms with E-state index in [-0.39, 0.29) is 36.3 Å². The lowest BCUT2D eigenvalue weighted by Crippen LogP contribution is -2.39. The van der Waals surface area contributed by atoms with Crippen molar-refractivity contribution in [2.75, 3.05) is 33.1 Å². The Kier molecular flexibility index (Phi) is 10.8. The van der Waals surface area contributed by atoms with E-state index in [0.717, 1.165) is 5.56 Å². The molecule has 0 amide bonds. The molecule has 160 valence electrons. The number of aliphatic imine (C=N–C) groups is 1. The minimum atomic E-state index is -3.33. The molecule has 0 saturated carbocycles. The maximum absolute atomic E-state index is 12.4. The average molecular weight is 533 g/mol. The van der Waals surface area contributed by atoms with Crippen molar-refractivity contribution in [3.63, 3.8) is 0 Å². The predicted octanol–water partition coefficient (Wildman–Crippen LogP) is 2.85. The summed E-state index contributed by atoms with van der Waals surface area (Å²) in [4.78, 5) is 4.83. The highest BCUT2D eigenvalue weighted by molar-refractivity contribution is 14.0. The van der Waals surface area contributed by atoms with Crippen molar-refractivity contribution < 1.29 is 17.9 Å². The van der Waals surface area contributed by atoms with E-state index in [1.165, 1.54) is 0 Å². The quantitative estimate of drug-likeness (QED) is 0.293. The monoisotopic (exact) mass is 533 g/mol. The molecular weight excluding hydrogens is 505 g/mol. The Morgan fingerprint density at radius 1 is 1.00 bits per heavy atom. The molecule has 2 aromatic rings. The molecule has 0 saturated heterocycles. The third-order valence-electron chi connectivity index (χ3n) is 3.98. The summed E-state index contributed by atoms with van der Waals surface area (Å²) in [7, 11) is -0.154. The lowest BCUT2D eigenvalue weighted by Gasteiger charge is -2.12. The minimum Gasteiger partial charge on any atom is -0.493 e. The van der Waals surface area contributed by atoms with Crippen molar-refractivity contribution in [3.8, 4) is 11.5 Å². The molecule has 0 heterocycles. The Balaban J connectivity index is 0.00000420. The zero-order valence-corrected chi connectivity index (χ0v) is 20.0. The average Bonchev–Trinajstić information content (AvgIpc) is 2.72. The van der Waals surface area contributed by atoms with Gasteiger partial charge in [-0.2, -0.15) is 0 Å². The number of halogens is 1. The van der Waals surface area contributed by atoms with Gasteiger partial charge in [0.05, 0.1) is 31.4 Å². The van der Waals surface area contributed by atoms with Gasteiger partial charge in [-0.15, -0.1) is 24.0 Å². The molecular formula is C20H28IN3O4S. The van der Waals surface area contributed by atoms with Crippen LogP contribution in [0.25, 0.3) is 0 Å². The Labute approximate surface area is 189 Å². The van der Waals surface area contributed by atoms with Gasteiger partial charge in [-0.05, 0) is 36.8 Å². The number of nitrogens with one attached hydrogen (secondary N) is 2. The molecule has 7 nitrogen and oxygen atoms in total. The molecule has 0 spiro atoms. The standard InChI is InChI=1S/C20H27N3O4S.HI/c1-4-21-20(22-12-13-28(24,25)17-8-6-5-7-9-17)23-15-16-10-11-18(26-2)19(14-16)27-3;/h5-11,14H,4,12-13,15H2,1-3H3,(H2,21,22,23);1H. The van der Waals surface area contributed by atoms with Crippen molar-refractivity contribution in [1.82, 2.24) is 10.6 Å². The third-order valence-corrected chi connectivity index (χ3v) is 5.71. The number of benzene rings is 2. The first-order chi connectivity index (χ1) is 13.5. The van der Waals surface area contributed by atoms with Gasteiger partial charge >= 0.3 is 0 Å². The summed E-state index contributed by atoms with van der Waals surface area (Å²) in [6.45, 7) is 3.30. The van der Waals surface area contributed by atoms with Crippen LogP contribution in [0.3, 0.4) is 0 Å². The van der Waals surface area contributed by atoms with Crippen molar-refractivity contribution >= 4 is 39.8 Å². The van der Waals surface area contributed by atoms with Crippen LogP contribution in [0.15, 0.2) is 58.4 Å². The molecule has 0 aliphatic carbocycles. The molecule has 0 aliphatic rings. The SMILES string of the molecule is CCNC(=NCc1ccc(OC)c(OC)c1)NCCS(=O)(=O)c1ccccc1.I. The van der Waals surface area contributed by atoms with Crippen LogP contribution in [0.4, 0.5) is 0 Å². The van der Waals surface area contributed by atoms with E-state index in [1.807, 2.05) is 25.1 Å². The van der Waals surface area contributed by atoms with Crippen molar-refractivity contribution in [1.29, 1.82) is 0 Å². The number of hydrogen-bond donors (Lipinski definition) is 2. The molecule has 0 aromatic heterocycles. The summed E-state index contributed by atoms with van der Waals surface area (Å²) in [5.41, 5.74) is 0.951. The fourth-order valence-corrected chi connectivity index (χ4v) is 3.72. The van der Waals surface area contributed by atoms with Gasteiger partial charge < -0.3 is 20.1 Å². The van der Waals surface area contributed by atoms with Gasteiger partial charge in [0.2, 0.25) is 0 Å². The summed E-state index contributed by atoms with van der Waals surface area (Å²) >= 11 is 0. The van der Waals surface area contributed by atoms with E-state index in [9.17, 15) is 8.42 Å². The lowest BCUT2D eigenvalue weighted by atomic mass is 10.2. The molecule has 29 heavy (non-hydrogen) atoms. The van der Waals surface area contributed by atoms with Gasteiger partial charge in [-0.25, -0.2) is 13.4 Å². The number of ether oxygens (including phenoxy) is 2. The van der Waals surface area contributed by atoms with E-state index in [1.54, 1.807) is 44.6 Å². The minimum absolute atomic E-state index is 0. The van der Waals surface area contributed by atoms with E-state index in [4.69, 9.17) is 9.47 Å². The first kappa shape index (κ1) is 25.0. The molecule has 2 N–H and O–H groups in total. The van der Waals surface area contributed by atoms with Crippen LogP contribution in [0, 0.1) is 0 Å². The zero-order valence-electron chi connectivity index (χ0n) is 16.8. The maximum Gasteiger partial charge on any atom is 0.191 e. The van der Waals surface area contributed by atoms with E-state index in [0.29, 0.717) is 35.4 Å². The fourth-order valence-electron chi connectivity index (χ4n) is 2.54. The highest BCUT2D eigenvalue weighted by Gasteiger charge is 2.13. The summed E-state index contributed by atoms with van der Waals surface area (Å²) in [5.74, 6) is 1.84. The second kappa shape index (κ2) is 12.5. The molecule has 0 fully saturated rings. The van der Waals surface area contributed by atoms with Gasteiger partial charge in [0.1, 0.15) is 0 Å². The molecule has 2 rings (SSSR count). The third kappa shape index (κ3) is 7.73. The molecule has 0 unspecified atom stereocenters. The number of rotatable bonds is 9. The Bertz CT molecular complexity index is 890. The van der Waals surface area contributed by atoms with Crippen LogP contribution in [0.5, 0.6) is 11.5 Å². The molecule has 0 bridgehead atoms. The van der Waals surface area contributed by atoms with Crippen molar-refractivity contribution in [3.05, 3.63) is 54.1 Å². The van der Waals surface area contributed by atoms with Gasteiger partial charge in [0.25, 0.3) is 0 Å². The summed E-state index contributed by atoms with van der Waals surface area (Å²) < 4.78 is 35.3. The van der Waals surface area contributed by atoms with Crippen LogP contribution in [-0.2, 0) is 16.4 Å². The highest BCUT2D eigenvalue weighted by Crippen LogP contribution is 2.27. The smallest absolute Gasteiger partial charge is 0.191 e. The normalized spacial score (nSPS) is 11.3. The van der Waals surface area contributed by atoms with Crippen molar-refractivity contribution in [2.24, 2.45) is 4.99 Å². The fraction of sp³-hybridized carbons (Fsp3) is 0.350. The first-order valence-corrected chi connectivity index (χ1v) is 10.7. The number of nitrogens with zero attached hydrogens (tertiary/aromatic N) is 1. The number of guanidine groups is 1. The predicted molar refractivity (Wildman–Crippen MR) is 126 cm³/mol. The summed E-state index contributed by atoms with van der Waals surface area (Å²) in [5, 5.41) is 6.19. The second-order valence-electron chi connectivity index (χ2n) is 5.94. The largest absolute Gasteiger partial charge is 0.493 e. The van der Waals surface area contributed by atoms with Gasteiger partial charge in [-0.1, -0.05) is 24.3 Å². The van der Waals surface area contributed by atoms with E-state index in [2.05, 4.69) is 15.6 Å². The molecule has 9 heteroatoms. The van der Waals surface area contributed by atoms with Gasteiger partial charge in [-0.3, -0.25) is 0 Å². The van der Waals surface area contributed by atoms with E-state index < -0.39 is 9.84 Å². The number of methoxy groups -OCH3 is 2. The molecule has 2 aromatic carbocycles. The maximum atomic E-state index is 12.4. The summed E-state index contributed by atoms with van der Waals surface area (Å²) in [6, 6.07) is 14.0. The van der Waals surface area contributed by atoms with Crippen LogP contribution in [0.1, 0.15) is 12.5 Å². The lowest BCUT2D eigenvalue weighted by molar-refractivity contribution is 0.354. The van der Waals surface area contributed by atoms with Gasteiger partial charge in [0.15, 0.2) is 27.3 Å². The highest BCUT2D eigenvalue weighted by atomic mass is 127.